The number of fused-ring (bicyclic) bond motifs is 1. The topological polar surface area (TPSA) is 140 Å². The van der Waals surface area contributed by atoms with Crippen molar-refractivity contribution in [1.29, 1.82) is 0 Å². The van der Waals surface area contributed by atoms with Crippen LogP contribution in [0.4, 0.5) is 11.8 Å². The van der Waals surface area contributed by atoms with Crippen LogP contribution in [0.3, 0.4) is 0 Å². The van der Waals surface area contributed by atoms with Crippen LogP contribution in [0.2, 0.25) is 0 Å². The first-order chi connectivity index (χ1) is 18.9. The highest BCUT2D eigenvalue weighted by molar-refractivity contribution is 7.21. The van der Waals surface area contributed by atoms with Crippen LogP contribution in [0.25, 0.3) is 20.8 Å². The normalized spacial score (nSPS) is 23.5. The molecule has 2 aliphatic rings. The standard InChI is InChI=1S/C28H33N7O3S.ClH/c1-15(2)18-11-20(24(37)23(18)36)31-25-22(27-32-19-5-3-4-6-21(19)39-27)26(38)34-28(33-25)35-9-7-16(8-10-35)17-12-29-14-30-13-17;/h3-6,12-16,18,20,23-24,36-37H,7-11H2,1-2H3,(H2,31,33,34,38);1H/t18-,20-,23-,24+;/m1./s1. The number of hydrogen-bond donors (Lipinski definition) is 4. The molecule has 4 aromatic rings. The maximum Gasteiger partial charge on any atom is 0.264 e. The van der Waals surface area contributed by atoms with E-state index in [4.69, 9.17) is 9.97 Å². The van der Waals surface area contributed by atoms with Crippen LogP contribution in [0.15, 0.2) is 47.8 Å². The Labute approximate surface area is 242 Å². The van der Waals surface area contributed by atoms with E-state index in [9.17, 15) is 15.0 Å². The summed E-state index contributed by atoms with van der Waals surface area (Å²) in [4.78, 5) is 36.7. The number of aromatic nitrogens is 5. The molecule has 2 fully saturated rings. The second-order valence-electron chi connectivity index (χ2n) is 10.9. The Morgan fingerprint density at radius 1 is 1.07 bits per heavy atom. The minimum Gasteiger partial charge on any atom is -0.390 e. The van der Waals surface area contributed by atoms with Gasteiger partial charge in [0.15, 0.2) is 0 Å². The largest absolute Gasteiger partial charge is 0.390 e. The zero-order valence-corrected chi connectivity index (χ0v) is 24.0. The molecule has 1 aromatic carbocycles. The number of para-hydroxylation sites is 1. The van der Waals surface area contributed by atoms with E-state index in [0.29, 0.717) is 34.7 Å². The number of aromatic amines is 1. The summed E-state index contributed by atoms with van der Waals surface area (Å²) >= 11 is 1.43. The highest BCUT2D eigenvalue weighted by Crippen LogP contribution is 2.37. The zero-order chi connectivity index (χ0) is 27.1. The van der Waals surface area contributed by atoms with E-state index in [1.807, 2.05) is 50.5 Å². The minimum absolute atomic E-state index is 0. The fraction of sp³-hybridized carbons (Fsp3) is 0.464. The Kier molecular flexibility index (Phi) is 8.37. The second-order valence-corrected chi connectivity index (χ2v) is 11.9. The van der Waals surface area contributed by atoms with Crippen LogP contribution < -0.4 is 15.8 Å². The number of anilines is 2. The van der Waals surface area contributed by atoms with E-state index in [1.165, 1.54) is 11.3 Å². The van der Waals surface area contributed by atoms with Gasteiger partial charge in [-0.1, -0.05) is 26.0 Å². The number of halogens is 1. The molecule has 1 aliphatic heterocycles. The molecule has 1 saturated carbocycles. The van der Waals surface area contributed by atoms with Crippen LogP contribution in [-0.2, 0) is 0 Å². The fourth-order valence-electron chi connectivity index (χ4n) is 5.89. The van der Waals surface area contributed by atoms with Crippen molar-refractivity contribution < 1.29 is 10.2 Å². The van der Waals surface area contributed by atoms with E-state index in [-0.39, 0.29) is 29.8 Å². The van der Waals surface area contributed by atoms with Crippen molar-refractivity contribution in [3.8, 4) is 10.6 Å². The summed E-state index contributed by atoms with van der Waals surface area (Å²) < 4.78 is 0.977. The summed E-state index contributed by atoms with van der Waals surface area (Å²) in [6.07, 6.45) is 5.84. The van der Waals surface area contributed by atoms with Gasteiger partial charge in [0, 0.05) is 25.5 Å². The molecule has 12 heteroatoms. The van der Waals surface area contributed by atoms with E-state index in [0.717, 1.165) is 41.7 Å². The molecule has 0 spiro atoms. The Hall–Kier alpha value is -3.12. The summed E-state index contributed by atoms with van der Waals surface area (Å²) in [5.41, 5.74) is 2.01. The highest BCUT2D eigenvalue weighted by atomic mass is 35.5. The van der Waals surface area contributed by atoms with E-state index in [1.54, 1.807) is 6.33 Å². The number of benzene rings is 1. The van der Waals surface area contributed by atoms with Gasteiger partial charge in [0.1, 0.15) is 28.8 Å². The van der Waals surface area contributed by atoms with Gasteiger partial charge >= 0.3 is 0 Å². The molecule has 0 unspecified atom stereocenters. The Bertz CT molecular complexity index is 1470. The highest BCUT2D eigenvalue weighted by Gasteiger charge is 2.43. The van der Waals surface area contributed by atoms with Gasteiger partial charge in [0.2, 0.25) is 5.95 Å². The zero-order valence-electron chi connectivity index (χ0n) is 22.4. The quantitative estimate of drug-likeness (QED) is 0.266. The number of thiazole rings is 1. The molecule has 4 N–H and O–H groups in total. The first-order valence-corrected chi connectivity index (χ1v) is 14.3. The molecule has 40 heavy (non-hydrogen) atoms. The first-order valence-electron chi connectivity index (χ1n) is 13.5. The second kappa shape index (κ2) is 11.8. The van der Waals surface area contributed by atoms with Crippen molar-refractivity contribution in [2.75, 3.05) is 23.3 Å². The molecule has 0 amide bonds. The summed E-state index contributed by atoms with van der Waals surface area (Å²) in [6, 6.07) is 7.33. The third-order valence-corrected chi connectivity index (χ3v) is 9.22. The maximum absolute atomic E-state index is 13.6. The number of H-pyrrole nitrogens is 1. The smallest absolute Gasteiger partial charge is 0.264 e. The summed E-state index contributed by atoms with van der Waals surface area (Å²) in [7, 11) is 0. The van der Waals surface area contributed by atoms with Crippen LogP contribution >= 0.6 is 23.7 Å². The van der Waals surface area contributed by atoms with Crippen LogP contribution in [0, 0.1) is 11.8 Å². The number of nitrogens with one attached hydrogen (secondary N) is 2. The van der Waals surface area contributed by atoms with Gasteiger partial charge in [-0.3, -0.25) is 9.78 Å². The van der Waals surface area contributed by atoms with Crippen molar-refractivity contribution in [2.45, 2.75) is 57.3 Å². The van der Waals surface area contributed by atoms with Crippen molar-refractivity contribution in [3.63, 3.8) is 0 Å². The van der Waals surface area contributed by atoms with Crippen molar-refractivity contribution >= 4 is 45.7 Å². The number of piperidine rings is 1. The molecule has 3 aromatic heterocycles. The van der Waals surface area contributed by atoms with E-state index < -0.39 is 18.2 Å². The van der Waals surface area contributed by atoms with Gasteiger partial charge in [-0.25, -0.2) is 15.0 Å². The van der Waals surface area contributed by atoms with Gasteiger partial charge in [-0.2, -0.15) is 4.98 Å². The molecule has 1 saturated heterocycles. The van der Waals surface area contributed by atoms with E-state index in [2.05, 4.69) is 25.2 Å². The predicted octanol–water partition coefficient (Wildman–Crippen LogP) is 3.82. The number of hydrogen-bond acceptors (Lipinski definition) is 10. The van der Waals surface area contributed by atoms with Gasteiger partial charge < -0.3 is 20.4 Å². The van der Waals surface area contributed by atoms with Gasteiger partial charge in [-0.15, -0.1) is 23.7 Å². The summed E-state index contributed by atoms with van der Waals surface area (Å²) in [5, 5.41) is 25.5. The SMILES string of the molecule is CC(C)[C@H]1C[C@@H](Nc2nc(N3CCC(c4cncnc4)CC3)[nH]c(=O)c2-c2nc3ccccc3s2)[C@H](O)[C@@H]1O.Cl. The summed E-state index contributed by atoms with van der Waals surface area (Å²) in [6.45, 7) is 5.54. The van der Waals surface area contributed by atoms with Crippen LogP contribution in [0.1, 0.15) is 44.6 Å². The first kappa shape index (κ1) is 28.4. The molecule has 0 radical (unpaired) electrons. The number of aliphatic hydroxyl groups is 2. The Balaban J connectivity index is 0.00000323. The number of nitrogens with zero attached hydrogens (tertiary/aromatic N) is 5. The lowest BCUT2D eigenvalue weighted by molar-refractivity contribution is 0.00750. The third kappa shape index (κ3) is 5.43. The van der Waals surface area contributed by atoms with E-state index >= 15 is 0 Å². The molecule has 4 heterocycles. The van der Waals surface area contributed by atoms with Crippen LogP contribution in [-0.4, -0.2) is 66.5 Å². The molecule has 1 aliphatic carbocycles. The van der Waals surface area contributed by atoms with Gasteiger partial charge in [0.05, 0.1) is 22.4 Å². The predicted molar refractivity (Wildman–Crippen MR) is 159 cm³/mol. The monoisotopic (exact) mass is 583 g/mol. The van der Waals surface area contributed by atoms with Crippen molar-refractivity contribution in [3.05, 3.63) is 58.9 Å². The molecule has 212 valence electrons. The average Bonchev–Trinajstić information content (AvgIpc) is 3.50. The molecular formula is C28H34ClN7O3S. The molecule has 4 atom stereocenters. The molecule has 6 rings (SSSR count). The van der Waals surface area contributed by atoms with Crippen molar-refractivity contribution in [2.24, 2.45) is 11.8 Å². The van der Waals surface area contributed by atoms with Crippen LogP contribution in [0.5, 0.6) is 0 Å². The number of aliphatic hydroxyl groups excluding tert-OH is 2. The van der Waals surface area contributed by atoms with Gasteiger partial charge in [-0.05, 0) is 54.7 Å². The molecular weight excluding hydrogens is 550 g/mol. The summed E-state index contributed by atoms with van der Waals surface area (Å²) in [5.74, 6) is 1.39. The van der Waals surface area contributed by atoms with Crippen molar-refractivity contribution in [1.82, 2.24) is 24.9 Å². The minimum atomic E-state index is -0.964. The Morgan fingerprint density at radius 2 is 1.80 bits per heavy atom. The maximum atomic E-state index is 13.6. The third-order valence-electron chi connectivity index (χ3n) is 8.17. The lowest BCUT2D eigenvalue weighted by Gasteiger charge is -2.32. The number of rotatable bonds is 6. The lowest BCUT2D eigenvalue weighted by Crippen LogP contribution is -2.38. The molecule has 0 bridgehead atoms. The average molecular weight is 584 g/mol. The lowest BCUT2D eigenvalue weighted by atomic mass is 9.91. The fourth-order valence-corrected chi connectivity index (χ4v) is 6.90. The van der Waals surface area contributed by atoms with Gasteiger partial charge in [0.25, 0.3) is 5.56 Å². The Morgan fingerprint density at radius 3 is 2.48 bits per heavy atom. The molecule has 10 nitrogen and oxygen atoms in total.